The second kappa shape index (κ2) is 6.56. The third-order valence-corrected chi connectivity index (χ3v) is 3.20. The number of alkyl halides is 2. The van der Waals surface area contributed by atoms with Crippen LogP contribution < -0.4 is 9.47 Å². The molecule has 1 aromatic heterocycles. The Morgan fingerprint density at radius 2 is 1.95 bits per heavy atom. The molecule has 0 amide bonds. The first-order valence-electron chi connectivity index (χ1n) is 5.61. The van der Waals surface area contributed by atoms with Gasteiger partial charge in [0, 0.05) is 5.56 Å². The van der Waals surface area contributed by atoms with Gasteiger partial charge in [-0.15, -0.1) is 10.2 Å². The lowest BCUT2D eigenvalue weighted by Crippen LogP contribution is -1.92. The average Bonchev–Trinajstić information content (AvgIpc) is 2.93. The fourth-order valence-electron chi connectivity index (χ4n) is 1.49. The lowest BCUT2D eigenvalue weighted by molar-refractivity contribution is 0.176. The molecule has 0 aliphatic heterocycles. The van der Waals surface area contributed by atoms with Crippen LogP contribution >= 0.6 is 11.8 Å². The monoisotopic (exact) mass is 302 g/mol. The number of nitrogens with zero attached hydrogens (tertiary/aromatic N) is 2. The molecule has 20 heavy (non-hydrogen) atoms. The molecule has 0 aliphatic rings. The average molecular weight is 302 g/mol. The molecule has 0 spiro atoms. The van der Waals surface area contributed by atoms with E-state index in [0.717, 1.165) is 11.8 Å². The highest BCUT2D eigenvalue weighted by atomic mass is 32.2. The highest BCUT2D eigenvalue weighted by Crippen LogP contribution is 2.32. The number of rotatable bonds is 6. The third-order valence-electron chi connectivity index (χ3n) is 2.37. The largest absolute Gasteiger partial charge is 0.493 e. The van der Waals surface area contributed by atoms with Gasteiger partial charge in [0.15, 0.2) is 11.5 Å². The van der Waals surface area contributed by atoms with Crippen molar-refractivity contribution in [2.75, 3.05) is 20.0 Å². The topological polar surface area (TPSA) is 57.4 Å². The van der Waals surface area contributed by atoms with E-state index in [4.69, 9.17) is 13.9 Å². The molecular formula is C12H12F2N2O3S. The normalized spacial score (nSPS) is 10.8. The zero-order valence-electron chi connectivity index (χ0n) is 10.8. The van der Waals surface area contributed by atoms with E-state index in [2.05, 4.69) is 10.2 Å². The molecule has 0 radical (unpaired) electrons. The van der Waals surface area contributed by atoms with Gasteiger partial charge in [-0.3, -0.25) is 0 Å². The van der Waals surface area contributed by atoms with Crippen LogP contribution in [0, 0.1) is 0 Å². The van der Waals surface area contributed by atoms with Gasteiger partial charge in [0.05, 0.1) is 20.0 Å². The van der Waals surface area contributed by atoms with Crippen LogP contribution in [-0.2, 0) is 0 Å². The molecule has 0 fully saturated rings. The number of hydrogen-bond donors (Lipinski definition) is 0. The number of methoxy groups -OCH3 is 2. The molecule has 0 atom stereocenters. The van der Waals surface area contributed by atoms with Gasteiger partial charge in [0.2, 0.25) is 12.3 Å². The van der Waals surface area contributed by atoms with Gasteiger partial charge < -0.3 is 13.9 Å². The molecule has 1 aromatic carbocycles. The fraction of sp³-hybridized carbons (Fsp3) is 0.333. The molecule has 2 aromatic rings. The minimum Gasteiger partial charge on any atom is -0.493 e. The van der Waals surface area contributed by atoms with Crippen molar-refractivity contribution in [1.82, 2.24) is 10.2 Å². The van der Waals surface area contributed by atoms with Crippen molar-refractivity contribution in [2.24, 2.45) is 0 Å². The summed E-state index contributed by atoms with van der Waals surface area (Å²) in [5, 5.41) is 7.63. The molecule has 5 nitrogen and oxygen atoms in total. The van der Waals surface area contributed by atoms with Crippen LogP contribution in [-0.4, -0.2) is 36.6 Å². The van der Waals surface area contributed by atoms with Crippen molar-refractivity contribution < 1.29 is 22.7 Å². The van der Waals surface area contributed by atoms with E-state index in [9.17, 15) is 8.78 Å². The standard InChI is InChI=1S/C12H12F2N2O3S/c1-17-8-4-3-7(5-9(8)18-2)11-15-16-12(19-11)20-6-10(13)14/h3-5,10H,6H2,1-2H3. The van der Waals surface area contributed by atoms with E-state index in [1.54, 1.807) is 18.2 Å². The molecule has 1 heterocycles. The van der Waals surface area contributed by atoms with Gasteiger partial charge in [-0.1, -0.05) is 11.8 Å². The van der Waals surface area contributed by atoms with Crippen LogP contribution in [0.25, 0.3) is 11.5 Å². The zero-order valence-corrected chi connectivity index (χ0v) is 11.6. The molecular weight excluding hydrogens is 290 g/mol. The Balaban J connectivity index is 2.19. The summed E-state index contributed by atoms with van der Waals surface area (Å²) in [6.45, 7) is 0. The Labute approximate surface area is 118 Å². The summed E-state index contributed by atoms with van der Waals surface area (Å²) < 4.78 is 39.8. The van der Waals surface area contributed by atoms with E-state index in [1.165, 1.54) is 14.2 Å². The maximum atomic E-state index is 12.1. The van der Waals surface area contributed by atoms with E-state index in [0.29, 0.717) is 17.1 Å². The van der Waals surface area contributed by atoms with Gasteiger partial charge in [-0.25, -0.2) is 8.78 Å². The summed E-state index contributed by atoms with van der Waals surface area (Å²) >= 11 is 0.815. The van der Waals surface area contributed by atoms with Crippen molar-refractivity contribution in [3.8, 4) is 23.0 Å². The number of hydrogen-bond acceptors (Lipinski definition) is 6. The van der Waals surface area contributed by atoms with Crippen molar-refractivity contribution in [3.63, 3.8) is 0 Å². The summed E-state index contributed by atoms with van der Waals surface area (Å²) in [4.78, 5) is 0. The number of ether oxygens (including phenoxy) is 2. The molecule has 0 unspecified atom stereocenters. The van der Waals surface area contributed by atoms with E-state index < -0.39 is 6.43 Å². The minimum atomic E-state index is -2.42. The summed E-state index contributed by atoms with van der Waals surface area (Å²) in [6.07, 6.45) is -2.42. The van der Waals surface area contributed by atoms with Crippen LogP contribution in [0.3, 0.4) is 0 Å². The van der Waals surface area contributed by atoms with Gasteiger partial charge >= 0.3 is 0 Å². The first kappa shape index (κ1) is 14.6. The van der Waals surface area contributed by atoms with Crippen molar-refractivity contribution >= 4 is 11.8 Å². The summed E-state index contributed by atoms with van der Waals surface area (Å²) in [5.41, 5.74) is 0.624. The van der Waals surface area contributed by atoms with Crippen LogP contribution in [0.2, 0.25) is 0 Å². The minimum absolute atomic E-state index is 0.107. The molecule has 0 bridgehead atoms. The van der Waals surface area contributed by atoms with Crippen LogP contribution in [0.1, 0.15) is 0 Å². The molecule has 0 saturated carbocycles. The maximum Gasteiger partial charge on any atom is 0.277 e. The Morgan fingerprint density at radius 1 is 1.20 bits per heavy atom. The smallest absolute Gasteiger partial charge is 0.277 e. The summed E-state index contributed by atoms with van der Waals surface area (Å²) in [6, 6.07) is 5.09. The zero-order chi connectivity index (χ0) is 14.5. The first-order valence-corrected chi connectivity index (χ1v) is 6.59. The predicted molar refractivity (Wildman–Crippen MR) is 69.6 cm³/mol. The van der Waals surface area contributed by atoms with Crippen LogP contribution in [0.5, 0.6) is 11.5 Å². The van der Waals surface area contributed by atoms with Crippen molar-refractivity contribution in [3.05, 3.63) is 18.2 Å². The number of aromatic nitrogens is 2. The van der Waals surface area contributed by atoms with Crippen LogP contribution in [0.15, 0.2) is 27.8 Å². The second-order valence-corrected chi connectivity index (χ2v) is 4.62. The summed E-state index contributed by atoms with van der Waals surface area (Å²) in [7, 11) is 3.04. The fourth-order valence-corrected chi connectivity index (χ4v) is 1.99. The van der Waals surface area contributed by atoms with E-state index >= 15 is 0 Å². The van der Waals surface area contributed by atoms with Crippen molar-refractivity contribution in [2.45, 2.75) is 11.6 Å². The highest BCUT2D eigenvalue weighted by molar-refractivity contribution is 7.99. The molecule has 8 heteroatoms. The van der Waals surface area contributed by atoms with Gasteiger partial charge in [-0.2, -0.15) is 0 Å². The lowest BCUT2D eigenvalue weighted by atomic mass is 10.2. The van der Waals surface area contributed by atoms with E-state index in [-0.39, 0.29) is 16.9 Å². The summed E-state index contributed by atoms with van der Waals surface area (Å²) in [5.74, 6) is 0.948. The van der Waals surface area contributed by atoms with Crippen LogP contribution in [0.4, 0.5) is 8.78 Å². The molecule has 2 rings (SSSR count). The number of halogens is 2. The Kier molecular flexibility index (Phi) is 4.78. The second-order valence-electron chi connectivity index (χ2n) is 3.64. The van der Waals surface area contributed by atoms with Gasteiger partial charge in [0.1, 0.15) is 0 Å². The third kappa shape index (κ3) is 3.38. The molecule has 0 N–H and O–H groups in total. The molecule has 108 valence electrons. The predicted octanol–water partition coefficient (Wildman–Crippen LogP) is 3.11. The van der Waals surface area contributed by atoms with Gasteiger partial charge in [0.25, 0.3) is 5.22 Å². The number of thioether (sulfide) groups is 1. The highest BCUT2D eigenvalue weighted by Gasteiger charge is 2.13. The SMILES string of the molecule is COc1ccc(-c2nnc(SCC(F)F)o2)cc1OC. The quantitative estimate of drug-likeness (QED) is 0.764. The van der Waals surface area contributed by atoms with Crippen molar-refractivity contribution in [1.29, 1.82) is 0 Å². The Hall–Kier alpha value is -1.83. The first-order chi connectivity index (χ1) is 9.63. The molecule has 0 saturated heterocycles. The van der Waals surface area contributed by atoms with Gasteiger partial charge in [-0.05, 0) is 18.2 Å². The van der Waals surface area contributed by atoms with E-state index in [1.807, 2.05) is 0 Å². The Bertz CT molecular complexity index is 578. The Morgan fingerprint density at radius 3 is 2.60 bits per heavy atom. The maximum absolute atomic E-state index is 12.1. The number of benzene rings is 1. The lowest BCUT2D eigenvalue weighted by Gasteiger charge is -2.07. The molecule has 0 aliphatic carbocycles.